The zero-order chi connectivity index (χ0) is 7.84. The molecule has 11 heavy (non-hydrogen) atoms. The fraction of sp³-hybridized carbons (Fsp3) is 0.333. The molecule has 0 aliphatic carbocycles. The quantitative estimate of drug-likeness (QED) is 0.597. The van der Waals surface area contributed by atoms with E-state index < -0.39 is 0 Å². The number of halogens is 1. The monoisotopic (exact) mass is 211 g/mol. The molecule has 0 amide bonds. The maximum atomic E-state index is 3.52. The molecule has 2 rings (SSSR count). The summed E-state index contributed by atoms with van der Waals surface area (Å²) in [6.45, 7) is 3.25. The van der Waals surface area contributed by atoms with Crippen LogP contribution in [-0.2, 0) is 6.42 Å². The van der Waals surface area contributed by atoms with Crippen molar-refractivity contribution in [1.82, 2.24) is 0 Å². The fourth-order valence-electron chi connectivity index (χ4n) is 1.60. The number of hydrogen-bond acceptors (Lipinski definition) is 1. The number of rotatable bonds is 0. The predicted molar refractivity (Wildman–Crippen MR) is 51.2 cm³/mol. The van der Waals surface area contributed by atoms with E-state index in [1.54, 1.807) is 0 Å². The van der Waals surface area contributed by atoms with E-state index in [1.165, 1.54) is 23.2 Å². The van der Waals surface area contributed by atoms with E-state index >= 15 is 0 Å². The number of fused-ring (bicyclic) bond motifs is 1. The van der Waals surface area contributed by atoms with Gasteiger partial charge in [0.1, 0.15) is 0 Å². The first-order chi connectivity index (χ1) is 5.29. The van der Waals surface area contributed by atoms with Crippen molar-refractivity contribution < 1.29 is 0 Å². The van der Waals surface area contributed by atoms with Gasteiger partial charge in [-0.25, -0.2) is 0 Å². The summed E-state index contributed by atoms with van der Waals surface area (Å²) >= 11 is 3.52. The molecule has 1 aromatic carbocycles. The second-order valence-electron chi connectivity index (χ2n) is 2.92. The van der Waals surface area contributed by atoms with Crippen molar-refractivity contribution in [2.75, 3.05) is 10.5 Å². The first-order valence-electron chi connectivity index (χ1n) is 3.81. The third kappa shape index (κ3) is 1.06. The van der Waals surface area contributed by atoms with Crippen molar-refractivity contribution in [1.29, 1.82) is 0 Å². The molecule has 0 saturated carbocycles. The van der Waals surface area contributed by atoms with Crippen LogP contribution in [0.1, 0.15) is 11.1 Å². The normalized spacial score (nSPS) is 15.3. The Kier molecular flexibility index (Phi) is 1.64. The predicted octanol–water partition coefficient (Wildman–Crippen LogP) is 2.67. The Balaban J connectivity index is 2.58. The molecule has 0 bridgehead atoms. The highest BCUT2D eigenvalue weighted by Gasteiger charge is 2.17. The van der Waals surface area contributed by atoms with E-state index in [9.17, 15) is 0 Å². The lowest BCUT2D eigenvalue weighted by Gasteiger charge is -2.11. The maximum Gasteiger partial charge on any atom is 0.0532 e. The molecule has 0 spiro atoms. The average molecular weight is 212 g/mol. The Morgan fingerprint density at radius 3 is 3.00 bits per heavy atom. The van der Waals surface area contributed by atoms with Crippen LogP contribution < -0.4 is 3.93 Å². The van der Waals surface area contributed by atoms with Gasteiger partial charge >= 0.3 is 0 Å². The summed E-state index contributed by atoms with van der Waals surface area (Å²) in [4.78, 5) is 0. The van der Waals surface area contributed by atoms with Crippen molar-refractivity contribution in [2.24, 2.45) is 0 Å². The molecule has 0 saturated heterocycles. The van der Waals surface area contributed by atoms with Crippen molar-refractivity contribution in [3.8, 4) is 0 Å². The van der Waals surface area contributed by atoms with Gasteiger partial charge in [0.2, 0.25) is 0 Å². The molecule has 0 fully saturated rings. The summed E-state index contributed by atoms with van der Waals surface area (Å²) in [5.41, 5.74) is 4.19. The summed E-state index contributed by atoms with van der Waals surface area (Å²) < 4.78 is 2.15. The molecule has 0 aromatic heterocycles. The minimum absolute atomic E-state index is 1.10. The van der Waals surface area contributed by atoms with Gasteiger partial charge in [-0.05, 0) is 24.5 Å². The van der Waals surface area contributed by atoms with Crippen molar-refractivity contribution in [3.63, 3.8) is 0 Å². The van der Waals surface area contributed by atoms with Gasteiger partial charge in [0.15, 0.2) is 0 Å². The van der Waals surface area contributed by atoms with Crippen molar-refractivity contribution in [2.45, 2.75) is 13.3 Å². The number of para-hydroxylation sites is 1. The van der Waals surface area contributed by atoms with Gasteiger partial charge in [-0.3, -0.25) is 0 Å². The third-order valence-corrected chi connectivity index (χ3v) is 2.85. The zero-order valence-corrected chi connectivity index (χ0v) is 8.06. The molecule has 1 aromatic rings. The first-order valence-corrected chi connectivity index (χ1v) is 4.52. The standard InChI is InChI=1S/C9H10BrN/c1-7-3-2-4-8-5-6-11(10)9(7)8/h2-4H,5-6H2,1H3. The Labute approximate surface area is 75.4 Å². The molecule has 0 unspecified atom stereocenters. The molecule has 0 radical (unpaired) electrons. The average Bonchev–Trinajstić information content (AvgIpc) is 2.34. The zero-order valence-electron chi connectivity index (χ0n) is 6.47. The molecule has 58 valence electrons. The first kappa shape index (κ1) is 7.17. The molecule has 1 aliphatic rings. The SMILES string of the molecule is Cc1cccc2c1N(Br)CC2. The smallest absolute Gasteiger partial charge is 0.0532 e. The number of hydrogen-bond donors (Lipinski definition) is 0. The number of nitrogens with zero attached hydrogens (tertiary/aromatic N) is 1. The fourth-order valence-corrected chi connectivity index (χ4v) is 2.28. The lowest BCUT2D eigenvalue weighted by molar-refractivity contribution is 1.06. The Bertz CT molecular complexity index is 283. The Hall–Kier alpha value is -0.500. The van der Waals surface area contributed by atoms with E-state index in [-0.39, 0.29) is 0 Å². The largest absolute Gasteiger partial charge is 0.308 e. The van der Waals surface area contributed by atoms with E-state index in [0.29, 0.717) is 0 Å². The molecule has 1 aliphatic heterocycles. The molecule has 0 N–H and O–H groups in total. The highest BCUT2D eigenvalue weighted by atomic mass is 79.9. The molecular formula is C9H10BrN. The number of aryl methyl sites for hydroxylation is 1. The second-order valence-corrected chi connectivity index (χ2v) is 3.77. The van der Waals surface area contributed by atoms with Gasteiger partial charge in [0.05, 0.1) is 5.69 Å². The summed E-state index contributed by atoms with van der Waals surface area (Å²) in [6.07, 6.45) is 1.17. The van der Waals surface area contributed by atoms with Crippen LogP contribution in [-0.4, -0.2) is 6.54 Å². The lowest BCUT2D eigenvalue weighted by atomic mass is 10.1. The van der Waals surface area contributed by atoms with Crippen molar-refractivity contribution in [3.05, 3.63) is 29.3 Å². The molecule has 2 heteroatoms. The highest BCUT2D eigenvalue weighted by Crippen LogP contribution is 2.33. The van der Waals surface area contributed by atoms with Crippen LogP contribution in [0.15, 0.2) is 18.2 Å². The van der Waals surface area contributed by atoms with Crippen LogP contribution >= 0.6 is 16.1 Å². The minimum atomic E-state index is 1.10. The van der Waals surface area contributed by atoms with E-state index in [0.717, 1.165) is 6.54 Å². The van der Waals surface area contributed by atoms with Crippen LogP contribution in [0, 0.1) is 6.92 Å². The molecule has 1 nitrogen and oxygen atoms in total. The van der Waals surface area contributed by atoms with Crippen LogP contribution in [0.25, 0.3) is 0 Å². The van der Waals surface area contributed by atoms with E-state index in [4.69, 9.17) is 0 Å². The van der Waals surface area contributed by atoms with Gasteiger partial charge in [-0.2, -0.15) is 0 Å². The third-order valence-electron chi connectivity index (χ3n) is 2.14. The van der Waals surface area contributed by atoms with Gasteiger partial charge in [-0.15, -0.1) is 0 Å². The number of benzene rings is 1. The van der Waals surface area contributed by atoms with Crippen LogP contribution in [0.3, 0.4) is 0 Å². The number of anilines is 1. The van der Waals surface area contributed by atoms with Crippen LogP contribution in [0.5, 0.6) is 0 Å². The highest BCUT2D eigenvalue weighted by molar-refractivity contribution is 9.10. The van der Waals surface area contributed by atoms with Crippen LogP contribution in [0.2, 0.25) is 0 Å². The summed E-state index contributed by atoms with van der Waals surface area (Å²) in [5, 5.41) is 0. The van der Waals surface area contributed by atoms with E-state index in [1.807, 2.05) is 0 Å². The van der Waals surface area contributed by atoms with Gasteiger partial charge in [0.25, 0.3) is 0 Å². The van der Waals surface area contributed by atoms with Gasteiger partial charge in [-0.1, -0.05) is 18.2 Å². The molecule has 1 heterocycles. The van der Waals surface area contributed by atoms with E-state index in [2.05, 4.69) is 45.2 Å². The minimum Gasteiger partial charge on any atom is -0.308 e. The molecular weight excluding hydrogens is 202 g/mol. The Morgan fingerprint density at radius 1 is 1.45 bits per heavy atom. The Morgan fingerprint density at radius 2 is 2.27 bits per heavy atom. The van der Waals surface area contributed by atoms with Crippen molar-refractivity contribution >= 4 is 21.8 Å². The van der Waals surface area contributed by atoms with Crippen LogP contribution in [0.4, 0.5) is 5.69 Å². The van der Waals surface area contributed by atoms with Gasteiger partial charge in [0, 0.05) is 22.7 Å². The topological polar surface area (TPSA) is 3.24 Å². The summed E-state index contributed by atoms with van der Waals surface area (Å²) in [5.74, 6) is 0. The summed E-state index contributed by atoms with van der Waals surface area (Å²) in [7, 11) is 0. The maximum absolute atomic E-state index is 3.52. The van der Waals surface area contributed by atoms with Gasteiger partial charge < -0.3 is 3.93 Å². The molecule has 0 atom stereocenters. The summed E-state index contributed by atoms with van der Waals surface area (Å²) in [6, 6.07) is 6.47. The second kappa shape index (κ2) is 2.52. The lowest BCUT2D eigenvalue weighted by Crippen LogP contribution is -2.04.